The first kappa shape index (κ1) is 27.9. The van der Waals surface area contributed by atoms with Crippen molar-refractivity contribution in [3.63, 3.8) is 0 Å². The number of hydrogen-bond donors (Lipinski definition) is 1. The van der Waals surface area contributed by atoms with Gasteiger partial charge in [0.2, 0.25) is 0 Å². The summed E-state index contributed by atoms with van der Waals surface area (Å²) in [5, 5.41) is 10.6. The van der Waals surface area contributed by atoms with E-state index in [9.17, 15) is 28.7 Å². The molecule has 1 heterocycles. The molecule has 1 N–H and O–H groups in total. The topological polar surface area (TPSA) is 135 Å². The van der Waals surface area contributed by atoms with Crippen LogP contribution in [0.25, 0.3) is 6.08 Å². The Balaban J connectivity index is 2.34. The first-order valence-electron chi connectivity index (χ1n) is 10.9. The lowest BCUT2D eigenvalue weighted by atomic mass is 9.91. The van der Waals surface area contributed by atoms with E-state index in [0.717, 1.165) is 20.8 Å². The van der Waals surface area contributed by atoms with Gasteiger partial charge in [-0.15, -0.1) is 0 Å². The van der Waals surface area contributed by atoms with Crippen LogP contribution in [0, 0.1) is 5.82 Å². The van der Waals surface area contributed by atoms with E-state index in [0.29, 0.717) is 5.56 Å². The molecular weight excluding hydrogens is 467 g/mol. The molecule has 35 heavy (non-hydrogen) atoms. The number of ether oxygens (including phenoxy) is 5. The van der Waals surface area contributed by atoms with Crippen LogP contribution in [0.4, 0.5) is 4.39 Å². The second-order valence-electron chi connectivity index (χ2n) is 7.95. The van der Waals surface area contributed by atoms with Crippen molar-refractivity contribution < 1.29 is 52.4 Å². The van der Waals surface area contributed by atoms with E-state index in [4.69, 9.17) is 23.7 Å². The maximum atomic E-state index is 13.1. The van der Waals surface area contributed by atoms with E-state index in [2.05, 4.69) is 0 Å². The lowest BCUT2D eigenvalue weighted by Gasteiger charge is -2.44. The smallest absolute Gasteiger partial charge is 0.303 e. The molecule has 1 aliphatic rings. The van der Waals surface area contributed by atoms with Gasteiger partial charge in [0, 0.05) is 34.1 Å². The Morgan fingerprint density at radius 1 is 0.886 bits per heavy atom. The van der Waals surface area contributed by atoms with Crippen molar-refractivity contribution >= 4 is 30.0 Å². The maximum Gasteiger partial charge on any atom is 0.303 e. The third kappa shape index (κ3) is 9.10. The minimum absolute atomic E-state index is 0.128. The lowest BCUT2D eigenvalue weighted by Crippen LogP contribution is -2.62. The molecule has 1 unspecified atom stereocenters. The van der Waals surface area contributed by atoms with Crippen LogP contribution in [0.3, 0.4) is 0 Å². The SMILES string of the molecule is CC(=O)OC[C@H]1O[C@@H](CC(O)/C=C/c2ccc(F)cc2)[C@H](OC(C)=O)[C@@H](OC(C)=O)[C@@H]1OC(C)=O. The minimum atomic E-state index is -1.30. The molecular formula is C24H29FO10. The molecule has 1 saturated heterocycles. The average Bonchev–Trinajstić information content (AvgIpc) is 2.75. The molecule has 192 valence electrons. The molecule has 11 heteroatoms. The van der Waals surface area contributed by atoms with Gasteiger partial charge in [-0.05, 0) is 17.7 Å². The third-order valence-electron chi connectivity index (χ3n) is 4.94. The number of rotatable bonds is 9. The summed E-state index contributed by atoms with van der Waals surface area (Å²) >= 11 is 0. The molecule has 0 spiro atoms. The molecule has 1 aliphatic heterocycles. The highest BCUT2D eigenvalue weighted by atomic mass is 19.1. The van der Waals surface area contributed by atoms with Crippen LogP contribution in [0.2, 0.25) is 0 Å². The van der Waals surface area contributed by atoms with Gasteiger partial charge in [-0.25, -0.2) is 4.39 Å². The van der Waals surface area contributed by atoms with Crippen molar-refractivity contribution in [3.8, 4) is 0 Å². The van der Waals surface area contributed by atoms with Crippen molar-refractivity contribution in [1.29, 1.82) is 0 Å². The second-order valence-corrected chi connectivity index (χ2v) is 7.95. The summed E-state index contributed by atoms with van der Waals surface area (Å²) in [6, 6.07) is 5.58. The van der Waals surface area contributed by atoms with Gasteiger partial charge in [0.05, 0.1) is 6.10 Å². The largest absolute Gasteiger partial charge is 0.463 e. The molecule has 0 bridgehead atoms. The van der Waals surface area contributed by atoms with E-state index < -0.39 is 66.3 Å². The fourth-order valence-electron chi connectivity index (χ4n) is 3.62. The fourth-order valence-corrected chi connectivity index (χ4v) is 3.62. The van der Waals surface area contributed by atoms with Gasteiger partial charge in [-0.1, -0.05) is 24.3 Å². The van der Waals surface area contributed by atoms with Gasteiger partial charge >= 0.3 is 23.9 Å². The van der Waals surface area contributed by atoms with Crippen LogP contribution in [-0.2, 0) is 42.9 Å². The van der Waals surface area contributed by atoms with Crippen LogP contribution in [0.5, 0.6) is 0 Å². The predicted molar refractivity (Wildman–Crippen MR) is 118 cm³/mol. The van der Waals surface area contributed by atoms with Gasteiger partial charge in [-0.2, -0.15) is 0 Å². The van der Waals surface area contributed by atoms with Crippen molar-refractivity contribution in [2.24, 2.45) is 0 Å². The molecule has 1 fully saturated rings. The number of aliphatic hydroxyl groups excluding tert-OH is 1. The maximum absolute atomic E-state index is 13.1. The van der Waals surface area contributed by atoms with Gasteiger partial charge in [0.25, 0.3) is 0 Å². The quantitative estimate of drug-likeness (QED) is 0.398. The first-order chi connectivity index (χ1) is 16.5. The number of esters is 4. The molecule has 2 rings (SSSR count). The Morgan fingerprint density at radius 2 is 1.40 bits per heavy atom. The number of halogens is 1. The molecule has 0 aromatic heterocycles. The van der Waals surface area contributed by atoms with E-state index >= 15 is 0 Å². The number of carbonyl (C=O) groups is 4. The zero-order valence-corrected chi connectivity index (χ0v) is 19.8. The zero-order valence-electron chi connectivity index (χ0n) is 19.8. The summed E-state index contributed by atoms with van der Waals surface area (Å²) in [5.74, 6) is -3.23. The number of hydrogen-bond acceptors (Lipinski definition) is 10. The van der Waals surface area contributed by atoms with E-state index in [1.54, 1.807) is 6.08 Å². The second kappa shape index (κ2) is 13.0. The highest BCUT2D eigenvalue weighted by Crippen LogP contribution is 2.31. The molecule has 1 aromatic carbocycles. The average molecular weight is 496 g/mol. The summed E-state index contributed by atoms with van der Waals surface area (Å²) in [4.78, 5) is 46.8. The number of carbonyl (C=O) groups excluding carboxylic acids is 4. The summed E-state index contributed by atoms with van der Waals surface area (Å²) in [5.41, 5.74) is 0.631. The fraction of sp³-hybridized carbons (Fsp3) is 0.500. The Bertz CT molecular complexity index is 929. The van der Waals surface area contributed by atoms with Crippen molar-refractivity contribution in [2.45, 2.75) is 70.7 Å². The van der Waals surface area contributed by atoms with Crippen LogP contribution in [-0.4, -0.2) is 72.2 Å². The normalized spacial score (nSPS) is 24.9. The molecule has 1 aromatic rings. The van der Waals surface area contributed by atoms with E-state index in [1.165, 1.54) is 37.3 Å². The summed E-state index contributed by atoms with van der Waals surface area (Å²) < 4.78 is 40.1. The summed E-state index contributed by atoms with van der Waals surface area (Å²) in [6.45, 7) is 4.22. The molecule has 6 atom stereocenters. The van der Waals surface area contributed by atoms with Crippen LogP contribution in [0.15, 0.2) is 30.3 Å². The Morgan fingerprint density at radius 3 is 1.91 bits per heavy atom. The Hall–Kier alpha value is -3.31. The van der Waals surface area contributed by atoms with Gasteiger partial charge in [-0.3, -0.25) is 19.2 Å². The number of aliphatic hydroxyl groups is 1. The highest BCUT2D eigenvalue weighted by Gasteiger charge is 2.52. The van der Waals surface area contributed by atoms with Crippen LogP contribution in [0.1, 0.15) is 39.7 Å². The van der Waals surface area contributed by atoms with E-state index in [1.807, 2.05) is 0 Å². The zero-order chi connectivity index (χ0) is 26.1. The van der Waals surface area contributed by atoms with Gasteiger partial charge in [0.15, 0.2) is 18.3 Å². The van der Waals surface area contributed by atoms with Crippen molar-refractivity contribution in [3.05, 3.63) is 41.7 Å². The minimum Gasteiger partial charge on any atom is -0.463 e. The van der Waals surface area contributed by atoms with Crippen LogP contribution >= 0.6 is 0 Å². The van der Waals surface area contributed by atoms with Crippen LogP contribution < -0.4 is 0 Å². The predicted octanol–water partition coefficient (Wildman–Crippen LogP) is 1.72. The number of benzene rings is 1. The molecule has 0 amide bonds. The Labute approximate surface area is 201 Å². The Kier molecular flexibility index (Phi) is 10.3. The monoisotopic (exact) mass is 496 g/mol. The van der Waals surface area contributed by atoms with Gasteiger partial charge < -0.3 is 28.8 Å². The van der Waals surface area contributed by atoms with E-state index in [-0.39, 0.29) is 13.0 Å². The summed E-state index contributed by atoms with van der Waals surface area (Å²) in [7, 11) is 0. The molecule has 0 saturated carbocycles. The first-order valence-corrected chi connectivity index (χ1v) is 10.9. The third-order valence-corrected chi connectivity index (χ3v) is 4.94. The molecule has 10 nitrogen and oxygen atoms in total. The lowest BCUT2D eigenvalue weighted by molar-refractivity contribution is -0.255. The van der Waals surface area contributed by atoms with Crippen molar-refractivity contribution in [2.75, 3.05) is 6.61 Å². The van der Waals surface area contributed by atoms with Gasteiger partial charge in [0.1, 0.15) is 24.6 Å². The standard InChI is InChI=1S/C24H29FO10/c1-13(26)31-12-21-23(33-15(3)28)24(34-16(4)29)22(32-14(2)27)20(35-21)11-19(30)10-7-17-5-8-18(25)9-6-17/h5-10,19-24,30H,11-12H2,1-4H3/b10-7+/t19?,20-,21+,22-,23+,24+/m0/s1. The highest BCUT2D eigenvalue weighted by molar-refractivity contribution is 5.68. The molecule has 0 aliphatic carbocycles. The molecule has 0 radical (unpaired) electrons. The van der Waals surface area contributed by atoms with Crippen molar-refractivity contribution in [1.82, 2.24) is 0 Å². The summed E-state index contributed by atoms with van der Waals surface area (Å²) in [6.07, 6.45) is -4.19.